The number of hydrogen-bond acceptors (Lipinski definition) is 6. The summed E-state index contributed by atoms with van der Waals surface area (Å²) in [4.78, 5) is 41.9. The van der Waals surface area contributed by atoms with Crippen molar-refractivity contribution in [3.8, 4) is 0 Å². The molecule has 0 saturated carbocycles. The van der Waals surface area contributed by atoms with Crippen molar-refractivity contribution in [2.24, 2.45) is 5.92 Å². The lowest BCUT2D eigenvalue weighted by molar-refractivity contribution is -0.125. The van der Waals surface area contributed by atoms with E-state index in [1.54, 1.807) is 21.9 Å². The van der Waals surface area contributed by atoms with Crippen molar-refractivity contribution in [2.75, 3.05) is 49.8 Å². The quantitative estimate of drug-likeness (QED) is 0.690. The fraction of sp³-hybridized carbons (Fsp3) is 0.409. The average Bonchev–Trinajstić information content (AvgIpc) is 3.33. The van der Waals surface area contributed by atoms with Gasteiger partial charge in [-0.05, 0) is 42.8 Å². The maximum Gasteiger partial charge on any atom is 0.261 e. The molecule has 4 rings (SSSR count). The van der Waals surface area contributed by atoms with Crippen LogP contribution < -0.4 is 15.1 Å². The summed E-state index contributed by atoms with van der Waals surface area (Å²) in [7, 11) is 1.53. The highest BCUT2D eigenvalue weighted by atomic mass is 35.5. The number of carbonyl (C=O) groups is 3. The second-order valence-corrected chi connectivity index (χ2v) is 9.48. The van der Waals surface area contributed by atoms with Crippen LogP contribution in [0.25, 0.3) is 0 Å². The van der Waals surface area contributed by atoms with Gasteiger partial charge in [-0.1, -0.05) is 11.6 Å². The monoisotopic (exact) mass is 477 g/mol. The molecule has 2 fully saturated rings. The van der Waals surface area contributed by atoms with E-state index in [4.69, 9.17) is 21.1 Å². The molecule has 2 aromatic rings. The Morgan fingerprint density at radius 1 is 1.28 bits per heavy atom. The van der Waals surface area contributed by atoms with Crippen molar-refractivity contribution in [3.05, 3.63) is 45.1 Å². The molecular formula is C22H24ClN3O5S. The zero-order chi connectivity index (χ0) is 22.8. The molecule has 0 spiro atoms. The second kappa shape index (κ2) is 9.58. The molecular weight excluding hydrogens is 454 g/mol. The molecule has 0 unspecified atom stereocenters. The van der Waals surface area contributed by atoms with Crippen molar-refractivity contribution >= 4 is 52.0 Å². The Hall–Kier alpha value is -2.46. The first kappa shape index (κ1) is 22.7. The van der Waals surface area contributed by atoms with E-state index in [0.717, 1.165) is 11.3 Å². The van der Waals surface area contributed by atoms with Gasteiger partial charge in [0.1, 0.15) is 6.61 Å². The molecule has 3 heterocycles. The van der Waals surface area contributed by atoms with Gasteiger partial charge in [-0.3, -0.25) is 14.4 Å². The van der Waals surface area contributed by atoms with Crippen LogP contribution in [0, 0.1) is 12.8 Å². The largest absolute Gasteiger partial charge is 0.384 e. The molecule has 1 N–H and O–H groups in total. The Bertz CT molecular complexity index is 1040. The van der Waals surface area contributed by atoms with Gasteiger partial charge in [-0.25, -0.2) is 0 Å². The third-order valence-electron chi connectivity index (χ3n) is 5.68. The van der Waals surface area contributed by atoms with E-state index in [-0.39, 0.29) is 30.9 Å². The third-order valence-corrected chi connectivity index (χ3v) is 6.91. The zero-order valence-corrected chi connectivity index (χ0v) is 19.4. The minimum atomic E-state index is -0.500. The highest BCUT2D eigenvalue weighted by Crippen LogP contribution is 2.31. The summed E-state index contributed by atoms with van der Waals surface area (Å²) in [6.07, 6.45) is 0. The van der Waals surface area contributed by atoms with E-state index in [9.17, 15) is 14.4 Å². The van der Waals surface area contributed by atoms with Crippen LogP contribution in [0.3, 0.4) is 0 Å². The molecule has 32 heavy (non-hydrogen) atoms. The lowest BCUT2D eigenvalue weighted by Crippen LogP contribution is -2.42. The number of thiophene rings is 1. The average molecular weight is 478 g/mol. The SMILES string of the molecule is COC[C@@H]1C(=O)N(c2ccc(N3CCOCC3=O)c(C)c2)C[C@@H]1NC(=O)c1ccc(Cl)s1. The maximum absolute atomic E-state index is 13.2. The molecule has 2 aliphatic heterocycles. The number of benzene rings is 1. The Morgan fingerprint density at radius 3 is 2.75 bits per heavy atom. The molecule has 2 atom stereocenters. The highest BCUT2D eigenvalue weighted by molar-refractivity contribution is 7.18. The van der Waals surface area contributed by atoms with Crippen molar-refractivity contribution in [1.29, 1.82) is 0 Å². The predicted octanol–water partition coefficient (Wildman–Crippen LogP) is 2.48. The van der Waals surface area contributed by atoms with E-state index in [2.05, 4.69) is 5.32 Å². The van der Waals surface area contributed by atoms with Crippen LogP contribution in [-0.4, -0.2) is 63.8 Å². The number of aryl methyl sites for hydroxylation is 1. The van der Waals surface area contributed by atoms with E-state index >= 15 is 0 Å². The van der Waals surface area contributed by atoms with Crippen LogP contribution in [-0.2, 0) is 19.1 Å². The number of anilines is 2. The van der Waals surface area contributed by atoms with Gasteiger partial charge in [0, 0.05) is 31.6 Å². The number of nitrogens with zero attached hydrogens (tertiary/aromatic N) is 2. The van der Waals surface area contributed by atoms with Crippen LogP contribution in [0.5, 0.6) is 0 Å². The van der Waals surface area contributed by atoms with Gasteiger partial charge in [0.25, 0.3) is 11.8 Å². The van der Waals surface area contributed by atoms with Crippen LogP contribution in [0.15, 0.2) is 30.3 Å². The first-order chi connectivity index (χ1) is 15.4. The summed E-state index contributed by atoms with van der Waals surface area (Å²) in [5, 5.41) is 2.96. The molecule has 3 amide bonds. The normalized spacial score (nSPS) is 21.3. The summed E-state index contributed by atoms with van der Waals surface area (Å²) in [5.41, 5.74) is 2.41. The predicted molar refractivity (Wildman–Crippen MR) is 123 cm³/mol. The van der Waals surface area contributed by atoms with Crippen LogP contribution in [0.1, 0.15) is 15.2 Å². The molecule has 0 radical (unpaired) electrons. The molecule has 1 aromatic carbocycles. The Labute approximate surface area is 195 Å². The van der Waals surface area contributed by atoms with Crippen LogP contribution >= 0.6 is 22.9 Å². The molecule has 2 saturated heterocycles. The Morgan fingerprint density at radius 2 is 2.09 bits per heavy atom. The minimum absolute atomic E-state index is 0.0708. The van der Waals surface area contributed by atoms with Crippen molar-refractivity contribution < 1.29 is 23.9 Å². The van der Waals surface area contributed by atoms with E-state index in [0.29, 0.717) is 34.6 Å². The number of ether oxygens (including phenoxy) is 2. The molecule has 0 aliphatic carbocycles. The first-order valence-corrected chi connectivity index (χ1v) is 11.4. The van der Waals surface area contributed by atoms with Gasteiger partial charge < -0.3 is 24.6 Å². The van der Waals surface area contributed by atoms with Gasteiger partial charge in [-0.15, -0.1) is 11.3 Å². The lowest BCUT2D eigenvalue weighted by Gasteiger charge is -2.29. The molecule has 2 aliphatic rings. The topological polar surface area (TPSA) is 88.2 Å². The summed E-state index contributed by atoms with van der Waals surface area (Å²) < 4.78 is 11.0. The molecule has 8 nitrogen and oxygen atoms in total. The molecule has 0 bridgehead atoms. The molecule has 1 aromatic heterocycles. The number of rotatable bonds is 6. The highest BCUT2D eigenvalue weighted by Gasteiger charge is 2.42. The summed E-state index contributed by atoms with van der Waals surface area (Å²) >= 11 is 7.13. The van der Waals surface area contributed by atoms with Gasteiger partial charge in [0.15, 0.2) is 0 Å². The lowest BCUT2D eigenvalue weighted by atomic mass is 10.0. The summed E-state index contributed by atoms with van der Waals surface area (Å²) in [5.74, 6) is -0.961. The Balaban J connectivity index is 1.54. The zero-order valence-electron chi connectivity index (χ0n) is 17.8. The molecule has 170 valence electrons. The van der Waals surface area contributed by atoms with Crippen LogP contribution in [0.2, 0.25) is 4.34 Å². The van der Waals surface area contributed by atoms with E-state index < -0.39 is 12.0 Å². The Kier molecular flexibility index (Phi) is 6.80. The number of carbonyl (C=O) groups excluding carboxylic acids is 3. The van der Waals surface area contributed by atoms with Gasteiger partial charge in [-0.2, -0.15) is 0 Å². The number of nitrogens with one attached hydrogen (secondary N) is 1. The van der Waals surface area contributed by atoms with Gasteiger partial charge in [0.05, 0.1) is 34.4 Å². The molecule has 10 heteroatoms. The summed E-state index contributed by atoms with van der Waals surface area (Å²) in [6, 6.07) is 8.50. The number of amides is 3. The van der Waals surface area contributed by atoms with Gasteiger partial charge in [0.2, 0.25) is 5.91 Å². The number of methoxy groups -OCH3 is 1. The third kappa shape index (κ3) is 4.52. The standard InChI is InChI=1S/C22H24ClN3O5S/c1-13-9-14(3-4-17(13)25-7-8-31-12-20(25)27)26-10-16(15(11-30-2)22(26)29)24-21(28)18-5-6-19(23)32-18/h3-6,9,15-16H,7-8,10-12H2,1-2H3,(H,24,28)/t15-,16-/m0/s1. The van der Waals surface area contributed by atoms with Crippen LogP contribution in [0.4, 0.5) is 11.4 Å². The number of hydrogen-bond donors (Lipinski definition) is 1. The second-order valence-electron chi connectivity index (χ2n) is 7.76. The first-order valence-electron chi connectivity index (χ1n) is 10.2. The van der Waals surface area contributed by atoms with E-state index in [1.165, 1.54) is 18.4 Å². The van der Waals surface area contributed by atoms with Crippen molar-refractivity contribution in [2.45, 2.75) is 13.0 Å². The maximum atomic E-state index is 13.2. The van der Waals surface area contributed by atoms with Gasteiger partial charge >= 0.3 is 0 Å². The minimum Gasteiger partial charge on any atom is -0.384 e. The fourth-order valence-electron chi connectivity index (χ4n) is 4.09. The van der Waals surface area contributed by atoms with E-state index in [1.807, 2.05) is 25.1 Å². The number of halogens is 1. The van der Waals surface area contributed by atoms with Crippen molar-refractivity contribution in [3.63, 3.8) is 0 Å². The number of morpholine rings is 1. The fourth-order valence-corrected chi connectivity index (χ4v) is 5.04. The summed E-state index contributed by atoms with van der Waals surface area (Å²) in [6.45, 7) is 3.50. The van der Waals surface area contributed by atoms with Crippen molar-refractivity contribution in [1.82, 2.24) is 5.32 Å². The smallest absolute Gasteiger partial charge is 0.261 e.